The highest BCUT2D eigenvalue weighted by atomic mass is 19.1. The molecule has 0 N–H and O–H groups in total. The molecule has 34 heavy (non-hydrogen) atoms. The average molecular weight is 459 g/mol. The summed E-state index contributed by atoms with van der Waals surface area (Å²) in [5.41, 5.74) is 3.49. The fourth-order valence-electron chi connectivity index (χ4n) is 4.38. The SMILES string of the molecule is Cn1cc(-c2ccc3cnc(CC(=O)c4ccnc(N5CCN(CCF)CC5)c4)cc3c2)cn1. The summed E-state index contributed by atoms with van der Waals surface area (Å²) in [6.07, 6.45) is 7.55. The van der Waals surface area contributed by atoms with Crippen molar-refractivity contribution in [1.82, 2.24) is 24.6 Å². The predicted octanol–water partition coefficient (Wildman–Crippen LogP) is 3.55. The second kappa shape index (κ2) is 9.69. The highest BCUT2D eigenvalue weighted by Crippen LogP contribution is 2.25. The molecule has 1 saturated heterocycles. The van der Waals surface area contributed by atoms with Gasteiger partial charge in [0.05, 0.1) is 12.6 Å². The Morgan fingerprint density at radius 3 is 2.59 bits per heavy atom. The molecule has 4 aromatic rings. The Balaban J connectivity index is 1.31. The molecule has 0 unspecified atom stereocenters. The third kappa shape index (κ3) is 4.82. The van der Waals surface area contributed by atoms with Crippen molar-refractivity contribution >= 4 is 22.4 Å². The van der Waals surface area contributed by atoms with Crippen molar-refractivity contribution in [2.45, 2.75) is 6.42 Å². The van der Waals surface area contributed by atoms with E-state index in [1.807, 2.05) is 43.8 Å². The van der Waals surface area contributed by atoms with Gasteiger partial charge in [-0.15, -0.1) is 0 Å². The molecule has 0 spiro atoms. The maximum Gasteiger partial charge on any atom is 0.169 e. The Morgan fingerprint density at radius 1 is 0.971 bits per heavy atom. The van der Waals surface area contributed by atoms with E-state index in [9.17, 15) is 9.18 Å². The maximum absolute atomic E-state index is 13.1. The van der Waals surface area contributed by atoms with E-state index in [1.54, 1.807) is 16.9 Å². The van der Waals surface area contributed by atoms with Crippen LogP contribution >= 0.6 is 0 Å². The van der Waals surface area contributed by atoms with Gasteiger partial charge in [0.2, 0.25) is 0 Å². The normalized spacial score (nSPS) is 14.6. The lowest BCUT2D eigenvalue weighted by atomic mass is 10.0. The summed E-state index contributed by atoms with van der Waals surface area (Å²) in [5, 5.41) is 6.32. The van der Waals surface area contributed by atoms with E-state index >= 15 is 0 Å². The number of hydrogen-bond acceptors (Lipinski definition) is 6. The summed E-state index contributed by atoms with van der Waals surface area (Å²) in [5.74, 6) is 0.799. The number of benzene rings is 1. The van der Waals surface area contributed by atoms with Gasteiger partial charge in [0, 0.05) is 80.6 Å². The Bertz CT molecular complexity index is 1310. The van der Waals surface area contributed by atoms with Gasteiger partial charge >= 0.3 is 0 Å². The average Bonchev–Trinajstić information content (AvgIpc) is 3.30. The van der Waals surface area contributed by atoms with Crippen molar-refractivity contribution in [3.05, 3.63) is 72.4 Å². The van der Waals surface area contributed by atoms with E-state index in [0.717, 1.165) is 59.6 Å². The van der Waals surface area contributed by atoms with Crippen LogP contribution in [0.1, 0.15) is 16.1 Å². The molecule has 1 aliphatic heterocycles. The van der Waals surface area contributed by atoms with Crippen molar-refractivity contribution in [3.63, 3.8) is 0 Å². The lowest BCUT2D eigenvalue weighted by Crippen LogP contribution is -2.47. The summed E-state index contributed by atoms with van der Waals surface area (Å²) in [7, 11) is 1.90. The van der Waals surface area contributed by atoms with Gasteiger partial charge in [0.15, 0.2) is 5.78 Å². The number of fused-ring (bicyclic) bond motifs is 1. The van der Waals surface area contributed by atoms with E-state index in [1.165, 1.54) is 0 Å². The zero-order chi connectivity index (χ0) is 23.5. The molecular weight excluding hydrogens is 431 g/mol. The molecule has 7 nitrogen and oxygen atoms in total. The maximum atomic E-state index is 13.1. The molecule has 0 amide bonds. The van der Waals surface area contributed by atoms with Gasteiger partial charge in [-0.2, -0.15) is 5.10 Å². The zero-order valence-corrected chi connectivity index (χ0v) is 19.2. The molecule has 0 bridgehead atoms. The van der Waals surface area contributed by atoms with Gasteiger partial charge in [-0.05, 0) is 35.2 Å². The first-order chi connectivity index (χ1) is 16.6. The standard InChI is InChI=1S/C26H27FN6O/c1-31-18-23(17-30-31)19-2-3-21-16-29-24(13-22(21)12-19)15-25(34)20-4-6-28-26(14-20)33-10-8-32(7-5-27)9-11-33/h2-4,6,12-14,16-18H,5,7-11,15H2,1H3. The monoisotopic (exact) mass is 458 g/mol. The number of piperazine rings is 1. The third-order valence-electron chi connectivity index (χ3n) is 6.32. The number of alkyl halides is 1. The summed E-state index contributed by atoms with van der Waals surface area (Å²) >= 11 is 0. The lowest BCUT2D eigenvalue weighted by Gasteiger charge is -2.35. The van der Waals surface area contributed by atoms with Crippen LogP contribution in [0.2, 0.25) is 0 Å². The minimum atomic E-state index is -0.324. The Hall–Kier alpha value is -3.65. The van der Waals surface area contributed by atoms with E-state index in [0.29, 0.717) is 12.1 Å². The van der Waals surface area contributed by atoms with Crippen LogP contribution in [0.5, 0.6) is 0 Å². The number of nitrogens with zero attached hydrogens (tertiary/aromatic N) is 6. The highest BCUT2D eigenvalue weighted by Gasteiger charge is 2.19. The molecule has 0 saturated carbocycles. The van der Waals surface area contributed by atoms with Crippen molar-refractivity contribution in [1.29, 1.82) is 0 Å². The summed E-state index contributed by atoms with van der Waals surface area (Å²) in [6, 6.07) is 11.8. The zero-order valence-electron chi connectivity index (χ0n) is 19.2. The predicted molar refractivity (Wildman–Crippen MR) is 131 cm³/mol. The second-order valence-electron chi connectivity index (χ2n) is 8.66. The van der Waals surface area contributed by atoms with Crippen molar-refractivity contribution in [2.75, 3.05) is 44.3 Å². The fourth-order valence-corrected chi connectivity index (χ4v) is 4.38. The smallest absolute Gasteiger partial charge is 0.169 e. The van der Waals surface area contributed by atoms with Crippen molar-refractivity contribution in [3.8, 4) is 11.1 Å². The molecule has 8 heteroatoms. The van der Waals surface area contributed by atoms with Crippen LogP contribution in [0.4, 0.5) is 10.2 Å². The number of pyridine rings is 2. The van der Waals surface area contributed by atoms with E-state index in [4.69, 9.17) is 0 Å². The second-order valence-corrected chi connectivity index (χ2v) is 8.66. The number of Topliss-reactive ketones (excluding diaryl/α,β-unsaturated/α-hetero) is 1. The van der Waals surface area contributed by atoms with E-state index in [-0.39, 0.29) is 18.9 Å². The molecule has 5 rings (SSSR count). The number of rotatable bonds is 7. The van der Waals surface area contributed by atoms with Crippen LogP contribution in [0.15, 0.2) is 61.2 Å². The van der Waals surface area contributed by atoms with Crippen LogP contribution in [0.25, 0.3) is 21.9 Å². The summed E-state index contributed by atoms with van der Waals surface area (Å²) in [6.45, 7) is 3.29. The molecule has 1 aliphatic rings. The van der Waals surface area contributed by atoms with Gasteiger partial charge in [-0.25, -0.2) is 9.37 Å². The minimum Gasteiger partial charge on any atom is -0.354 e. The van der Waals surface area contributed by atoms with Crippen molar-refractivity contribution in [2.24, 2.45) is 7.05 Å². The first kappa shape index (κ1) is 22.2. The molecule has 1 aromatic carbocycles. The highest BCUT2D eigenvalue weighted by molar-refractivity contribution is 5.98. The minimum absolute atomic E-state index is 0.00924. The summed E-state index contributed by atoms with van der Waals surface area (Å²) in [4.78, 5) is 26.3. The van der Waals surface area contributed by atoms with Gasteiger partial charge in [0.1, 0.15) is 12.5 Å². The topological polar surface area (TPSA) is 67.2 Å². The third-order valence-corrected chi connectivity index (χ3v) is 6.32. The number of carbonyl (C=O) groups is 1. The van der Waals surface area contributed by atoms with Gasteiger partial charge in [-0.3, -0.25) is 19.4 Å². The fraction of sp³-hybridized carbons (Fsp3) is 0.308. The molecule has 4 heterocycles. The van der Waals surface area contributed by atoms with Crippen LogP contribution in [0, 0.1) is 0 Å². The van der Waals surface area contributed by atoms with Gasteiger partial charge in [-0.1, -0.05) is 12.1 Å². The quantitative estimate of drug-likeness (QED) is 0.395. The van der Waals surface area contributed by atoms with Gasteiger partial charge < -0.3 is 4.90 Å². The molecule has 3 aromatic heterocycles. The van der Waals surface area contributed by atoms with Crippen molar-refractivity contribution < 1.29 is 9.18 Å². The van der Waals surface area contributed by atoms with E-state index < -0.39 is 0 Å². The largest absolute Gasteiger partial charge is 0.354 e. The van der Waals surface area contributed by atoms with Gasteiger partial charge in [0.25, 0.3) is 0 Å². The Labute approximate surface area is 197 Å². The number of anilines is 1. The van der Waals surface area contributed by atoms with E-state index in [2.05, 4.69) is 37.0 Å². The number of carbonyl (C=O) groups excluding carboxylic acids is 1. The number of halogens is 1. The number of hydrogen-bond donors (Lipinski definition) is 0. The summed E-state index contributed by atoms with van der Waals surface area (Å²) < 4.78 is 14.4. The van der Waals surface area contributed by atoms with Crippen LogP contribution in [-0.2, 0) is 13.5 Å². The number of aromatic nitrogens is 4. The molecular formula is C26H27FN6O. The number of ketones is 1. The lowest BCUT2D eigenvalue weighted by molar-refractivity contribution is 0.0992. The van der Waals surface area contributed by atoms with Crippen LogP contribution < -0.4 is 4.90 Å². The molecule has 174 valence electrons. The molecule has 1 fully saturated rings. The Morgan fingerprint density at radius 2 is 1.82 bits per heavy atom. The van der Waals surface area contributed by atoms with Crippen LogP contribution in [0.3, 0.4) is 0 Å². The number of aryl methyl sites for hydroxylation is 1. The first-order valence-electron chi connectivity index (χ1n) is 11.5. The Kier molecular flexibility index (Phi) is 6.31. The van der Waals surface area contributed by atoms with Crippen LogP contribution in [-0.4, -0.2) is 69.8 Å². The molecule has 0 atom stereocenters. The molecule has 0 radical (unpaired) electrons. The molecule has 0 aliphatic carbocycles. The first-order valence-corrected chi connectivity index (χ1v) is 11.5.